The Labute approximate surface area is 99.6 Å². The number of carbonyl (C=O) groups excluding carboxylic acids is 2. The molecule has 0 aliphatic carbocycles. The molecule has 92 valence electrons. The summed E-state index contributed by atoms with van der Waals surface area (Å²) in [7, 11) is 1.82. The van der Waals surface area contributed by atoms with Gasteiger partial charge in [0.05, 0.1) is 12.7 Å². The number of nitrogens with one attached hydrogen (secondary N) is 1. The van der Waals surface area contributed by atoms with Crippen molar-refractivity contribution in [1.29, 1.82) is 0 Å². The average Bonchev–Trinajstić information content (AvgIpc) is 2.59. The molecule has 0 unspecified atom stereocenters. The lowest BCUT2D eigenvalue weighted by atomic mass is 10.0. The largest absolute Gasteiger partial charge is 0.341 e. The molecule has 0 aromatic carbocycles. The molecule has 1 saturated heterocycles. The fourth-order valence-electron chi connectivity index (χ4n) is 1.98. The molecular weight excluding hydrogens is 220 g/mol. The average molecular weight is 236 g/mol. The summed E-state index contributed by atoms with van der Waals surface area (Å²) >= 11 is 0. The van der Waals surface area contributed by atoms with Gasteiger partial charge in [-0.25, -0.2) is 0 Å². The van der Waals surface area contributed by atoms with Gasteiger partial charge in [0, 0.05) is 25.4 Å². The van der Waals surface area contributed by atoms with Crippen LogP contribution in [-0.2, 0) is 23.2 Å². The molecule has 1 N–H and O–H groups in total. The first kappa shape index (κ1) is 11.6. The molecule has 6 nitrogen and oxygen atoms in total. The summed E-state index contributed by atoms with van der Waals surface area (Å²) in [6, 6.07) is 0. The SMILES string of the molecule is Cn1cc(CN2CC(=O)NC(C)(C)C2=O)cn1. The lowest BCUT2D eigenvalue weighted by molar-refractivity contribution is -0.148. The van der Waals surface area contributed by atoms with Crippen LogP contribution in [0.3, 0.4) is 0 Å². The van der Waals surface area contributed by atoms with E-state index in [4.69, 9.17) is 0 Å². The number of carbonyl (C=O) groups is 2. The summed E-state index contributed by atoms with van der Waals surface area (Å²) in [5, 5.41) is 6.72. The second-order valence-electron chi connectivity index (χ2n) is 4.86. The Morgan fingerprint density at radius 2 is 2.18 bits per heavy atom. The molecule has 2 heterocycles. The molecule has 0 bridgehead atoms. The van der Waals surface area contributed by atoms with Crippen LogP contribution in [0.1, 0.15) is 19.4 Å². The molecule has 0 saturated carbocycles. The Morgan fingerprint density at radius 3 is 2.76 bits per heavy atom. The van der Waals surface area contributed by atoms with E-state index in [0.717, 1.165) is 5.56 Å². The van der Waals surface area contributed by atoms with Crippen LogP contribution in [0.5, 0.6) is 0 Å². The van der Waals surface area contributed by atoms with E-state index in [-0.39, 0.29) is 18.4 Å². The quantitative estimate of drug-likeness (QED) is 0.763. The van der Waals surface area contributed by atoms with Crippen molar-refractivity contribution in [2.45, 2.75) is 25.9 Å². The maximum absolute atomic E-state index is 12.1. The second kappa shape index (κ2) is 3.87. The summed E-state index contributed by atoms with van der Waals surface area (Å²) in [4.78, 5) is 25.1. The zero-order valence-electron chi connectivity index (χ0n) is 10.2. The topological polar surface area (TPSA) is 67.2 Å². The van der Waals surface area contributed by atoms with Crippen LogP contribution in [0, 0.1) is 0 Å². The van der Waals surface area contributed by atoms with Crippen LogP contribution in [0.15, 0.2) is 12.4 Å². The Kier molecular flexibility index (Phi) is 2.65. The molecule has 0 atom stereocenters. The van der Waals surface area contributed by atoms with Crippen LogP contribution < -0.4 is 5.32 Å². The van der Waals surface area contributed by atoms with E-state index in [9.17, 15) is 9.59 Å². The number of aromatic nitrogens is 2. The fraction of sp³-hybridized carbons (Fsp3) is 0.545. The van der Waals surface area contributed by atoms with Gasteiger partial charge in [-0.05, 0) is 13.8 Å². The predicted octanol–water partition coefficient (Wildman–Crippen LogP) is -0.343. The van der Waals surface area contributed by atoms with Crippen molar-refractivity contribution in [2.24, 2.45) is 7.05 Å². The van der Waals surface area contributed by atoms with Crippen molar-refractivity contribution in [3.05, 3.63) is 18.0 Å². The van der Waals surface area contributed by atoms with Gasteiger partial charge in [0.25, 0.3) is 0 Å². The lowest BCUT2D eigenvalue weighted by Gasteiger charge is -2.37. The van der Waals surface area contributed by atoms with Crippen molar-refractivity contribution in [2.75, 3.05) is 6.54 Å². The van der Waals surface area contributed by atoms with Gasteiger partial charge in [-0.2, -0.15) is 5.10 Å². The second-order valence-corrected chi connectivity index (χ2v) is 4.86. The first-order chi connectivity index (χ1) is 7.88. The molecule has 0 radical (unpaired) electrons. The molecule has 2 amide bonds. The molecule has 17 heavy (non-hydrogen) atoms. The molecule has 2 rings (SSSR count). The van der Waals surface area contributed by atoms with Gasteiger partial charge in [-0.15, -0.1) is 0 Å². The maximum atomic E-state index is 12.1. The van der Waals surface area contributed by atoms with E-state index in [0.29, 0.717) is 6.54 Å². The highest BCUT2D eigenvalue weighted by Crippen LogP contribution is 2.15. The van der Waals surface area contributed by atoms with Gasteiger partial charge >= 0.3 is 0 Å². The van der Waals surface area contributed by atoms with Gasteiger partial charge < -0.3 is 10.2 Å². The molecule has 1 fully saturated rings. The van der Waals surface area contributed by atoms with Crippen LogP contribution in [0.2, 0.25) is 0 Å². The smallest absolute Gasteiger partial charge is 0.248 e. The highest BCUT2D eigenvalue weighted by atomic mass is 16.2. The first-order valence-electron chi connectivity index (χ1n) is 5.46. The Morgan fingerprint density at radius 1 is 1.47 bits per heavy atom. The van der Waals surface area contributed by atoms with E-state index in [1.807, 2.05) is 13.2 Å². The van der Waals surface area contributed by atoms with Crippen molar-refractivity contribution in [3.8, 4) is 0 Å². The number of hydrogen-bond donors (Lipinski definition) is 1. The van der Waals surface area contributed by atoms with Crippen molar-refractivity contribution in [3.63, 3.8) is 0 Å². The number of hydrogen-bond acceptors (Lipinski definition) is 3. The maximum Gasteiger partial charge on any atom is 0.248 e. The van der Waals surface area contributed by atoms with Gasteiger partial charge in [0.1, 0.15) is 5.54 Å². The predicted molar refractivity (Wildman–Crippen MR) is 60.8 cm³/mol. The van der Waals surface area contributed by atoms with E-state index >= 15 is 0 Å². The number of amides is 2. The van der Waals surface area contributed by atoms with Crippen molar-refractivity contribution < 1.29 is 9.59 Å². The number of piperazine rings is 1. The van der Waals surface area contributed by atoms with E-state index in [2.05, 4.69) is 10.4 Å². The molecule has 1 aromatic rings. The Bertz CT molecular complexity index is 464. The zero-order valence-corrected chi connectivity index (χ0v) is 10.2. The minimum Gasteiger partial charge on any atom is -0.341 e. The third-order valence-electron chi connectivity index (χ3n) is 2.74. The standard InChI is InChI=1S/C11H16N4O2/c1-11(2)10(17)15(7-9(16)13-11)6-8-4-12-14(3)5-8/h4-5H,6-7H2,1-3H3,(H,13,16). The number of nitrogens with zero attached hydrogens (tertiary/aromatic N) is 3. The molecular formula is C11H16N4O2. The summed E-state index contributed by atoms with van der Waals surface area (Å²) in [6.07, 6.45) is 3.54. The van der Waals surface area contributed by atoms with Gasteiger partial charge in [0.15, 0.2) is 0 Å². The summed E-state index contributed by atoms with van der Waals surface area (Å²) in [5.41, 5.74) is 0.101. The number of aryl methyl sites for hydroxylation is 1. The molecule has 1 aliphatic heterocycles. The van der Waals surface area contributed by atoms with E-state index in [1.165, 1.54) is 0 Å². The first-order valence-corrected chi connectivity index (χ1v) is 5.46. The van der Waals surface area contributed by atoms with Crippen molar-refractivity contribution in [1.82, 2.24) is 20.0 Å². The minimum atomic E-state index is -0.822. The fourth-order valence-corrected chi connectivity index (χ4v) is 1.98. The molecule has 6 heteroatoms. The number of rotatable bonds is 2. The Balaban J connectivity index is 2.15. The zero-order chi connectivity index (χ0) is 12.6. The minimum absolute atomic E-state index is 0.0686. The van der Waals surface area contributed by atoms with Gasteiger partial charge in [-0.1, -0.05) is 0 Å². The summed E-state index contributed by atoms with van der Waals surface area (Å²) in [5.74, 6) is -0.195. The van der Waals surface area contributed by atoms with Crippen LogP contribution in [-0.4, -0.2) is 38.6 Å². The van der Waals surface area contributed by atoms with Crippen LogP contribution in [0.25, 0.3) is 0 Å². The third kappa shape index (κ3) is 2.30. The monoisotopic (exact) mass is 236 g/mol. The van der Waals surface area contributed by atoms with Gasteiger partial charge in [-0.3, -0.25) is 14.3 Å². The van der Waals surface area contributed by atoms with Crippen LogP contribution in [0.4, 0.5) is 0 Å². The molecule has 0 spiro atoms. The van der Waals surface area contributed by atoms with Gasteiger partial charge in [0.2, 0.25) is 11.8 Å². The van der Waals surface area contributed by atoms with Crippen LogP contribution >= 0.6 is 0 Å². The van der Waals surface area contributed by atoms with E-state index < -0.39 is 5.54 Å². The lowest BCUT2D eigenvalue weighted by Crippen LogP contribution is -2.63. The highest BCUT2D eigenvalue weighted by Gasteiger charge is 2.38. The normalized spacial score (nSPS) is 19.4. The highest BCUT2D eigenvalue weighted by molar-refractivity contribution is 5.97. The summed E-state index contributed by atoms with van der Waals surface area (Å²) in [6.45, 7) is 3.95. The summed E-state index contributed by atoms with van der Waals surface area (Å²) < 4.78 is 1.68. The molecule has 1 aliphatic rings. The van der Waals surface area contributed by atoms with E-state index in [1.54, 1.807) is 29.6 Å². The Hall–Kier alpha value is -1.85. The van der Waals surface area contributed by atoms with Crippen molar-refractivity contribution >= 4 is 11.8 Å². The third-order valence-corrected chi connectivity index (χ3v) is 2.74. The molecule has 1 aromatic heterocycles.